The van der Waals surface area contributed by atoms with E-state index in [-0.39, 0.29) is 16.8 Å². The lowest BCUT2D eigenvalue weighted by Gasteiger charge is -2.18. The van der Waals surface area contributed by atoms with Gasteiger partial charge in [0.05, 0.1) is 4.90 Å². The highest BCUT2D eigenvalue weighted by atomic mass is 79.9. The van der Waals surface area contributed by atoms with E-state index in [0.29, 0.717) is 12.1 Å². The van der Waals surface area contributed by atoms with E-state index in [9.17, 15) is 13.2 Å². The Morgan fingerprint density at radius 3 is 2.16 bits per heavy atom. The first-order valence-corrected chi connectivity index (χ1v) is 10.1. The molecule has 0 radical (unpaired) electrons. The van der Waals surface area contributed by atoms with Gasteiger partial charge in [0, 0.05) is 29.7 Å². The molecule has 134 valence electrons. The molecule has 0 aromatic heterocycles. The minimum absolute atomic E-state index is 0.147. The summed E-state index contributed by atoms with van der Waals surface area (Å²) in [5.41, 5.74) is 1.46. The third kappa shape index (κ3) is 5.39. The predicted octanol–water partition coefficient (Wildman–Crippen LogP) is 3.41. The number of hydrogen-bond donors (Lipinski definition) is 1. The van der Waals surface area contributed by atoms with Crippen molar-refractivity contribution in [1.29, 1.82) is 0 Å². The first kappa shape index (κ1) is 19.6. The van der Waals surface area contributed by atoms with Gasteiger partial charge >= 0.3 is 0 Å². The zero-order valence-corrected chi connectivity index (χ0v) is 16.8. The van der Waals surface area contributed by atoms with Crippen LogP contribution in [0.3, 0.4) is 0 Å². The molecule has 0 spiro atoms. The average Bonchev–Trinajstić information content (AvgIpc) is 2.55. The van der Waals surface area contributed by atoms with E-state index < -0.39 is 10.0 Å². The molecule has 1 amide bonds. The van der Waals surface area contributed by atoms with Gasteiger partial charge in [0.2, 0.25) is 10.0 Å². The second-order valence-electron chi connectivity index (χ2n) is 6.09. The number of halogens is 1. The quantitative estimate of drug-likeness (QED) is 0.772. The lowest BCUT2D eigenvalue weighted by Crippen LogP contribution is -2.30. The third-order valence-electron chi connectivity index (χ3n) is 3.48. The Labute approximate surface area is 157 Å². The van der Waals surface area contributed by atoms with Gasteiger partial charge < -0.3 is 4.90 Å². The van der Waals surface area contributed by atoms with E-state index in [1.54, 1.807) is 25.8 Å². The smallest absolute Gasteiger partial charge is 0.253 e. The summed E-state index contributed by atoms with van der Waals surface area (Å²) >= 11 is 3.38. The molecule has 0 atom stereocenters. The van der Waals surface area contributed by atoms with E-state index in [2.05, 4.69) is 20.7 Å². The molecular weight excluding hydrogens is 404 g/mol. The third-order valence-corrected chi connectivity index (χ3v) is 5.69. The zero-order valence-electron chi connectivity index (χ0n) is 14.4. The largest absolute Gasteiger partial charge is 0.337 e. The highest BCUT2D eigenvalue weighted by molar-refractivity contribution is 9.10. The lowest BCUT2D eigenvalue weighted by atomic mass is 10.1. The minimum Gasteiger partial charge on any atom is -0.337 e. The fourth-order valence-electron chi connectivity index (χ4n) is 2.31. The number of rotatable bonds is 6. The van der Waals surface area contributed by atoms with Crippen molar-refractivity contribution in [1.82, 2.24) is 9.62 Å². The van der Waals surface area contributed by atoms with Gasteiger partial charge in [-0.2, -0.15) is 0 Å². The monoisotopic (exact) mass is 424 g/mol. The molecule has 2 rings (SSSR count). The summed E-state index contributed by atoms with van der Waals surface area (Å²) in [7, 11) is -1.84. The van der Waals surface area contributed by atoms with Crippen molar-refractivity contribution < 1.29 is 13.2 Å². The molecule has 0 aliphatic heterocycles. The summed E-state index contributed by atoms with van der Waals surface area (Å²) in [4.78, 5) is 14.2. The number of amides is 1. The lowest BCUT2D eigenvalue weighted by molar-refractivity contribution is 0.0785. The standard InChI is InChI=1S/C18H21BrN2O3S/c1-13(2)20-25(23,24)17-10-6-15(7-11-17)18(22)21(3)12-14-4-8-16(19)9-5-14/h4-11,13,20H,12H2,1-3H3. The second-order valence-corrected chi connectivity index (χ2v) is 8.72. The molecule has 5 nitrogen and oxygen atoms in total. The molecule has 0 aliphatic rings. The van der Waals surface area contributed by atoms with E-state index in [4.69, 9.17) is 0 Å². The highest BCUT2D eigenvalue weighted by Gasteiger charge is 2.17. The van der Waals surface area contributed by atoms with Crippen LogP contribution in [-0.4, -0.2) is 32.3 Å². The van der Waals surface area contributed by atoms with Crippen molar-refractivity contribution in [3.63, 3.8) is 0 Å². The van der Waals surface area contributed by atoms with Crippen LogP contribution in [0.1, 0.15) is 29.8 Å². The molecule has 7 heteroatoms. The maximum absolute atomic E-state index is 12.5. The van der Waals surface area contributed by atoms with E-state index in [1.165, 1.54) is 24.3 Å². The van der Waals surface area contributed by atoms with Gasteiger partial charge in [0.15, 0.2) is 0 Å². The average molecular weight is 425 g/mol. The van der Waals surface area contributed by atoms with E-state index >= 15 is 0 Å². The molecule has 0 unspecified atom stereocenters. The van der Waals surface area contributed by atoms with E-state index in [1.807, 2.05) is 24.3 Å². The van der Waals surface area contributed by atoms with E-state index in [0.717, 1.165) is 10.0 Å². The van der Waals surface area contributed by atoms with Crippen molar-refractivity contribution >= 4 is 31.9 Å². The molecule has 0 saturated heterocycles. The van der Waals surface area contributed by atoms with Gasteiger partial charge in [-0.15, -0.1) is 0 Å². The van der Waals surface area contributed by atoms with Crippen LogP contribution in [0.15, 0.2) is 57.9 Å². The molecule has 0 heterocycles. The number of sulfonamides is 1. The zero-order chi connectivity index (χ0) is 18.6. The summed E-state index contributed by atoms with van der Waals surface area (Å²) in [6.07, 6.45) is 0. The van der Waals surface area contributed by atoms with Crippen molar-refractivity contribution in [2.24, 2.45) is 0 Å². The Morgan fingerprint density at radius 2 is 1.64 bits per heavy atom. The first-order valence-electron chi connectivity index (χ1n) is 7.81. The second kappa shape index (κ2) is 8.12. The molecule has 2 aromatic carbocycles. The van der Waals surface area contributed by atoms with Crippen molar-refractivity contribution in [2.75, 3.05) is 7.05 Å². The van der Waals surface area contributed by atoms with Gasteiger partial charge in [-0.3, -0.25) is 4.79 Å². The summed E-state index contributed by atoms with van der Waals surface area (Å²) in [5.74, 6) is -0.163. The molecule has 25 heavy (non-hydrogen) atoms. The molecule has 0 aliphatic carbocycles. The fraction of sp³-hybridized carbons (Fsp3) is 0.278. The van der Waals surface area contributed by atoms with Crippen LogP contribution in [-0.2, 0) is 16.6 Å². The number of hydrogen-bond acceptors (Lipinski definition) is 3. The molecular formula is C18H21BrN2O3S. The number of nitrogens with zero attached hydrogens (tertiary/aromatic N) is 1. The summed E-state index contributed by atoms with van der Waals surface area (Å²) in [5, 5.41) is 0. The Balaban J connectivity index is 2.10. The summed E-state index contributed by atoms with van der Waals surface area (Å²) in [6, 6.07) is 13.5. The van der Waals surface area contributed by atoms with Crippen LogP contribution in [0.25, 0.3) is 0 Å². The van der Waals surface area contributed by atoms with Crippen molar-refractivity contribution in [3.8, 4) is 0 Å². The summed E-state index contributed by atoms with van der Waals surface area (Å²) in [6.45, 7) is 3.99. The molecule has 0 bridgehead atoms. The minimum atomic E-state index is -3.55. The number of carbonyl (C=O) groups is 1. The molecule has 2 aromatic rings. The number of carbonyl (C=O) groups excluding carboxylic acids is 1. The van der Waals surface area contributed by atoms with Gasteiger partial charge in [-0.25, -0.2) is 13.1 Å². The highest BCUT2D eigenvalue weighted by Crippen LogP contribution is 2.15. The normalized spacial score (nSPS) is 11.6. The Kier molecular flexibility index (Phi) is 6.37. The SMILES string of the molecule is CC(C)NS(=O)(=O)c1ccc(C(=O)N(C)Cc2ccc(Br)cc2)cc1. The fourth-order valence-corrected chi connectivity index (χ4v) is 3.83. The van der Waals surface area contributed by atoms with Gasteiger partial charge in [0.25, 0.3) is 5.91 Å². The van der Waals surface area contributed by atoms with Crippen LogP contribution >= 0.6 is 15.9 Å². The Bertz CT molecular complexity index is 832. The van der Waals surface area contributed by atoms with Gasteiger partial charge in [-0.1, -0.05) is 28.1 Å². The van der Waals surface area contributed by atoms with Crippen LogP contribution in [0.5, 0.6) is 0 Å². The van der Waals surface area contributed by atoms with Crippen molar-refractivity contribution in [2.45, 2.75) is 31.3 Å². The predicted molar refractivity (Wildman–Crippen MR) is 102 cm³/mol. The number of nitrogens with one attached hydrogen (secondary N) is 1. The van der Waals surface area contributed by atoms with Crippen LogP contribution < -0.4 is 4.72 Å². The Hall–Kier alpha value is -1.70. The van der Waals surface area contributed by atoms with Gasteiger partial charge in [-0.05, 0) is 55.8 Å². The van der Waals surface area contributed by atoms with Gasteiger partial charge in [0.1, 0.15) is 0 Å². The topological polar surface area (TPSA) is 66.5 Å². The maximum atomic E-state index is 12.5. The maximum Gasteiger partial charge on any atom is 0.253 e. The van der Waals surface area contributed by atoms with Crippen LogP contribution in [0, 0.1) is 0 Å². The molecule has 0 saturated carbocycles. The van der Waals surface area contributed by atoms with Crippen LogP contribution in [0.4, 0.5) is 0 Å². The summed E-state index contributed by atoms with van der Waals surface area (Å²) < 4.78 is 27.7. The van der Waals surface area contributed by atoms with Crippen molar-refractivity contribution in [3.05, 3.63) is 64.1 Å². The Morgan fingerprint density at radius 1 is 1.08 bits per heavy atom. The number of benzene rings is 2. The first-order chi connectivity index (χ1) is 11.7. The van der Waals surface area contributed by atoms with Crippen LogP contribution in [0.2, 0.25) is 0 Å². The molecule has 0 fully saturated rings. The molecule has 1 N–H and O–H groups in total.